The van der Waals surface area contributed by atoms with Gasteiger partial charge in [0.05, 0.1) is 16.4 Å². The number of hydrogen-bond acceptors (Lipinski definition) is 3. The lowest BCUT2D eigenvalue weighted by molar-refractivity contribution is 0.102. The number of amides is 1. The Morgan fingerprint density at radius 3 is 2.69 bits per heavy atom. The zero-order chi connectivity index (χ0) is 18.3. The second-order valence-electron chi connectivity index (χ2n) is 5.48. The van der Waals surface area contributed by atoms with Gasteiger partial charge >= 0.3 is 0 Å². The summed E-state index contributed by atoms with van der Waals surface area (Å²) in [4.78, 5) is 17.8. The number of aromatic nitrogens is 2. The largest absolute Gasteiger partial charge is 0.319 e. The predicted molar refractivity (Wildman–Crippen MR) is 103 cm³/mol. The number of halogens is 3. The molecule has 4 aromatic rings. The van der Waals surface area contributed by atoms with Crippen LogP contribution >= 0.6 is 34.5 Å². The first-order chi connectivity index (χ1) is 12.5. The first-order valence-corrected chi connectivity index (χ1v) is 9.14. The summed E-state index contributed by atoms with van der Waals surface area (Å²) in [5.41, 5.74) is 2.28. The topological polar surface area (TPSA) is 46.4 Å². The Morgan fingerprint density at radius 2 is 1.92 bits per heavy atom. The molecule has 0 aliphatic heterocycles. The van der Waals surface area contributed by atoms with E-state index in [0.717, 1.165) is 5.56 Å². The molecule has 0 saturated heterocycles. The second-order valence-corrected chi connectivity index (χ2v) is 7.17. The van der Waals surface area contributed by atoms with Gasteiger partial charge in [0, 0.05) is 22.2 Å². The smallest absolute Gasteiger partial charge is 0.273 e. The van der Waals surface area contributed by atoms with E-state index in [-0.39, 0.29) is 11.7 Å². The van der Waals surface area contributed by atoms with Crippen LogP contribution in [0.15, 0.2) is 54.0 Å². The molecule has 4 nitrogen and oxygen atoms in total. The van der Waals surface area contributed by atoms with Crippen molar-refractivity contribution >= 4 is 51.1 Å². The van der Waals surface area contributed by atoms with Crippen molar-refractivity contribution in [2.24, 2.45) is 0 Å². The summed E-state index contributed by atoms with van der Waals surface area (Å²) in [7, 11) is 0. The van der Waals surface area contributed by atoms with Gasteiger partial charge in [0.25, 0.3) is 5.91 Å². The quantitative estimate of drug-likeness (QED) is 0.470. The van der Waals surface area contributed by atoms with E-state index in [1.165, 1.54) is 23.5 Å². The average molecular weight is 406 g/mol. The highest BCUT2D eigenvalue weighted by molar-refractivity contribution is 7.15. The third kappa shape index (κ3) is 3.19. The molecule has 0 fully saturated rings. The molecule has 0 aliphatic carbocycles. The van der Waals surface area contributed by atoms with E-state index in [9.17, 15) is 9.18 Å². The minimum Gasteiger partial charge on any atom is -0.319 e. The van der Waals surface area contributed by atoms with Gasteiger partial charge in [-0.3, -0.25) is 9.20 Å². The number of benzene rings is 2. The molecule has 0 spiro atoms. The number of nitrogens with one attached hydrogen (secondary N) is 1. The van der Waals surface area contributed by atoms with Crippen molar-refractivity contribution in [2.45, 2.75) is 0 Å². The van der Waals surface area contributed by atoms with Crippen LogP contribution in [0.25, 0.3) is 16.2 Å². The van der Waals surface area contributed by atoms with E-state index in [4.69, 9.17) is 23.2 Å². The van der Waals surface area contributed by atoms with Gasteiger partial charge in [-0.25, -0.2) is 9.37 Å². The lowest BCUT2D eigenvalue weighted by Crippen LogP contribution is -2.14. The van der Waals surface area contributed by atoms with Crippen molar-refractivity contribution in [3.63, 3.8) is 0 Å². The van der Waals surface area contributed by atoms with Crippen LogP contribution in [0.4, 0.5) is 10.1 Å². The van der Waals surface area contributed by atoms with E-state index in [1.54, 1.807) is 46.3 Å². The molecule has 0 atom stereocenters. The first kappa shape index (κ1) is 17.0. The Morgan fingerprint density at radius 1 is 1.15 bits per heavy atom. The van der Waals surface area contributed by atoms with E-state index in [0.29, 0.717) is 32.1 Å². The number of carbonyl (C=O) groups is 1. The van der Waals surface area contributed by atoms with Gasteiger partial charge in [0.15, 0.2) is 4.96 Å². The van der Waals surface area contributed by atoms with Gasteiger partial charge in [-0.05, 0) is 42.5 Å². The molecule has 0 bridgehead atoms. The molecule has 4 rings (SSSR count). The zero-order valence-corrected chi connectivity index (χ0v) is 15.4. The van der Waals surface area contributed by atoms with Gasteiger partial charge in [0.2, 0.25) is 0 Å². The van der Waals surface area contributed by atoms with Gasteiger partial charge < -0.3 is 5.32 Å². The third-order valence-electron chi connectivity index (χ3n) is 3.76. The Kier molecular flexibility index (Phi) is 4.40. The average Bonchev–Trinajstić information content (AvgIpc) is 3.19. The molecule has 0 radical (unpaired) electrons. The van der Waals surface area contributed by atoms with Crippen LogP contribution in [0.2, 0.25) is 10.0 Å². The fourth-order valence-corrected chi connectivity index (χ4v) is 3.68. The molecule has 0 unspecified atom stereocenters. The van der Waals surface area contributed by atoms with E-state index in [2.05, 4.69) is 10.3 Å². The molecule has 8 heteroatoms. The van der Waals surface area contributed by atoms with Crippen molar-refractivity contribution in [3.8, 4) is 11.3 Å². The standard InChI is InChI=1S/C18H10Cl2FN3OS/c19-11-3-6-13(20)14(7-11)22-17(25)16-9-26-18-23-15(8-24(16)18)10-1-4-12(21)5-2-10/h1-9H,(H,22,25). The Bertz CT molecular complexity index is 1120. The van der Waals surface area contributed by atoms with E-state index < -0.39 is 0 Å². The van der Waals surface area contributed by atoms with Crippen LogP contribution in [0, 0.1) is 5.82 Å². The van der Waals surface area contributed by atoms with Crippen molar-refractivity contribution in [3.05, 3.63) is 75.6 Å². The molecule has 2 heterocycles. The van der Waals surface area contributed by atoms with Gasteiger partial charge in [0.1, 0.15) is 11.5 Å². The summed E-state index contributed by atoms with van der Waals surface area (Å²) < 4.78 is 14.8. The first-order valence-electron chi connectivity index (χ1n) is 7.50. The summed E-state index contributed by atoms with van der Waals surface area (Å²) in [6.07, 6.45) is 1.74. The number of nitrogens with zero attached hydrogens (tertiary/aromatic N) is 2. The monoisotopic (exact) mass is 405 g/mol. The van der Waals surface area contributed by atoms with Crippen LogP contribution < -0.4 is 5.32 Å². The summed E-state index contributed by atoms with van der Waals surface area (Å²) in [5.74, 6) is -0.642. The maximum Gasteiger partial charge on any atom is 0.273 e. The number of rotatable bonds is 3. The Balaban J connectivity index is 1.67. The summed E-state index contributed by atoms with van der Waals surface area (Å²) >= 11 is 13.4. The molecule has 26 heavy (non-hydrogen) atoms. The number of imidazole rings is 1. The van der Waals surface area contributed by atoms with Crippen molar-refractivity contribution in [1.82, 2.24) is 9.38 Å². The highest BCUT2D eigenvalue weighted by atomic mass is 35.5. The van der Waals surface area contributed by atoms with E-state index >= 15 is 0 Å². The van der Waals surface area contributed by atoms with Crippen LogP contribution in [0.1, 0.15) is 10.5 Å². The number of thiazole rings is 1. The number of carbonyl (C=O) groups excluding carboxylic acids is 1. The van der Waals surface area contributed by atoms with Gasteiger partial charge in [-0.2, -0.15) is 0 Å². The maximum atomic E-state index is 13.1. The Labute approximate surface area is 161 Å². The Hall–Kier alpha value is -2.41. The zero-order valence-electron chi connectivity index (χ0n) is 13.0. The molecular formula is C18H10Cl2FN3OS. The van der Waals surface area contributed by atoms with Crippen LogP contribution in [-0.4, -0.2) is 15.3 Å². The molecule has 2 aromatic carbocycles. The third-order valence-corrected chi connectivity index (χ3v) is 5.16. The van der Waals surface area contributed by atoms with Gasteiger partial charge in [-0.1, -0.05) is 23.2 Å². The highest BCUT2D eigenvalue weighted by Gasteiger charge is 2.16. The molecule has 0 aliphatic rings. The van der Waals surface area contributed by atoms with Crippen LogP contribution in [-0.2, 0) is 0 Å². The number of hydrogen-bond donors (Lipinski definition) is 1. The van der Waals surface area contributed by atoms with Crippen LogP contribution in [0.3, 0.4) is 0 Å². The van der Waals surface area contributed by atoms with E-state index in [1.807, 2.05) is 0 Å². The van der Waals surface area contributed by atoms with Gasteiger partial charge in [-0.15, -0.1) is 11.3 Å². The SMILES string of the molecule is O=C(Nc1cc(Cl)ccc1Cl)c1csc2nc(-c3ccc(F)cc3)cn12. The van der Waals surface area contributed by atoms with Crippen molar-refractivity contribution in [2.75, 3.05) is 5.32 Å². The maximum absolute atomic E-state index is 13.1. The van der Waals surface area contributed by atoms with Crippen molar-refractivity contribution < 1.29 is 9.18 Å². The fourth-order valence-electron chi connectivity index (χ4n) is 2.49. The molecule has 130 valence electrons. The minimum atomic E-state index is -0.330. The normalized spacial score (nSPS) is 11.0. The van der Waals surface area contributed by atoms with Crippen molar-refractivity contribution in [1.29, 1.82) is 0 Å². The summed E-state index contributed by atoms with van der Waals surface area (Å²) in [5, 5.41) is 5.34. The predicted octanol–water partition coefficient (Wildman–Crippen LogP) is 5.76. The summed E-state index contributed by atoms with van der Waals surface area (Å²) in [6, 6.07) is 10.9. The number of anilines is 1. The fraction of sp³-hybridized carbons (Fsp3) is 0. The second kappa shape index (κ2) is 6.72. The number of fused-ring (bicyclic) bond motifs is 1. The molecule has 1 amide bonds. The van der Waals surface area contributed by atoms with Crippen LogP contribution in [0.5, 0.6) is 0 Å². The molecule has 0 saturated carbocycles. The lowest BCUT2D eigenvalue weighted by Gasteiger charge is -2.07. The lowest BCUT2D eigenvalue weighted by atomic mass is 10.2. The molecule has 2 aromatic heterocycles. The summed E-state index contributed by atoms with van der Waals surface area (Å²) in [6.45, 7) is 0. The molecule has 1 N–H and O–H groups in total. The minimum absolute atomic E-state index is 0.312. The highest BCUT2D eigenvalue weighted by Crippen LogP contribution is 2.28. The molecular weight excluding hydrogens is 396 g/mol.